The third kappa shape index (κ3) is 3.24. The highest BCUT2D eigenvalue weighted by atomic mass is 19.3. The maximum Gasteiger partial charge on any atom is 0.249 e. The highest BCUT2D eigenvalue weighted by Crippen LogP contribution is 2.43. The molecular weight excluding hydrogens is 378 g/mol. The van der Waals surface area contributed by atoms with E-state index in [1.807, 2.05) is 19.3 Å². The molecule has 1 amide bonds. The number of piperazine rings is 1. The fraction of sp³-hybridized carbons (Fsp3) is 0.450. The summed E-state index contributed by atoms with van der Waals surface area (Å²) in [6, 6.07) is 4.05. The normalized spacial score (nSPS) is 19.6. The first kappa shape index (κ1) is 18.1. The average Bonchev–Trinajstić information content (AvgIpc) is 3.31. The summed E-state index contributed by atoms with van der Waals surface area (Å²) >= 11 is 0. The first-order valence-electron chi connectivity index (χ1n) is 9.78. The molecule has 4 heterocycles. The Morgan fingerprint density at radius 2 is 2.00 bits per heavy atom. The van der Waals surface area contributed by atoms with Crippen LogP contribution >= 0.6 is 0 Å². The zero-order valence-corrected chi connectivity index (χ0v) is 16.1. The molecule has 0 bridgehead atoms. The molecule has 152 valence electrons. The van der Waals surface area contributed by atoms with Crippen molar-refractivity contribution in [3.63, 3.8) is 0 Å². The standard InChI is InChI=1S/C20H22F2N6O/c1-26-12-14(11-24-26)16-8-15-17(2-3-23-18(15)25-16)27-4-6-28(7-5-27)19(29)13-9-20(21,22)10-13/h2-3,8,11-13H,4-7,9-10H2,1H3,(H,23,25). The third-order valence-corrected chi connectivity index (χ3v) is 5.90. The Kier molecular flexibility index (Phi) is 4.07. The molecule has 0 unspecified atom stereocenters. The number of aromatic amines is 1. The smallest absolute Gasteiger partial charge is 0.249 e. The van der Waals surface area contributed by atoms with Crippen LogP contribution in [0.4, 0.5) is 14.5 Å². The number of hydrogen-bond donors (Lipinski definition) is 1. The van der Waals surface area contributed by atoms with Crippen molar-refractivity contribution < 1.29 is 13.6 Å². The first-order chi connectivity index (χ1) is 13.9. The Labute approximate surface area is 166 Å². The zero-order valence-electron chi connectivity index (χ0n) is 16.1. The second-order valence-electron chi connectivity index (χ2n) is 7.95. The summed E-state index contributed by atoms with van der Waals surface area (Å²) in [5.74, 6) is -3.31. The molecule has 0 atom stereocenters. The number of carbonyl (C=O) groups is 1. The molecule has 29 heavy (non-hydrogen) atoms. The van der Waals surface area contributed by atoms with Gasteiger partial charge < -0.3 is 14.8 Å². The van der Waals surface area contributed by atoms with E-state index in [-0.39, 0.29) is 18.7 Å². The molecule has 0 spiro atoms. The number of pyridine rings is 1. The molecular formula is C20H22F2N6O. The van der Waals surface area contributed by atoms with Crippen molar-refractivity contribution >= 4 is 22.6 Å². The van der Waals surface area contributed by atoms with Gasteiger partial charge in [0.2, 0.25) is 11.8 Å². The van der Waals surface area contributed by atoms with Gasteiger partial charge in [-0.2, -0.15) is 5.10 Å². The molecule has 0 aromatic carbocycles. The molecule has 0 radical (unpaired) electrons. The van der Waals surface area contributed by atoms with E-state index in [0.29, 0.717) is 26.2 Å². The fourth-order valence-electron chi connectivity index (χ4n) is 4.27. The molecule has 1 aliphatic carbocycles. The van der Waals surface area contributed by atoms with Gasteiger partial charge >= 0.3 is 0 Å². The van der Waals surface area contributed by atoms with E-state index in [0.717, 1.165) is 28.0 Å². The zero-order chi connectivity index (χ0) is 20.2. The molecule has 9 heteroatoms. The van der Waals surface area contributed by atoms with E-state index < -0.39 is 11.8 Å². The Bertz CT molecular complexity index is 1060. The number of anilines is 1. The Balaban J connectivity index is 1.32. The van der Waals surface area contributed by atoms with Crippen LogP contribution in [0.1, 0.15) is 12.8 Å². The van der Waals surface area contributed by atoms with Gasteiger partial charge in [-0.3, -0.25) is 9.48 Å². The molecule has 1 saturated carbocycles. The van der Waals surface area contributed by atoms with Crippen molar-refractivity contribution in [2.24, 2.45) is 13.0 Å². The molecule has 1 N–H and O–H groups in total. The summed E-state index contributed by atoms with van der Waals surface area (Å²) < 4.78 is 27.9. The van der Waals surface area contributed by atoms with E-state index in [1.165, 1.54) is 0 Å². The predicted molar refractivity (Wildman–Crippen MR) is 105 cm³/mol. The lowest BCUT2D eigenvalue weighted by Gasteiger charge is -2.41. The molecule has 1 saturated heterocycles. The summed E-state index contributed by atoms with van der Waals surface area (Å²) in [5, 5.41) is 5.23. The van der Waals surface area contributed by atoms with Crippen LogP contribution in [-0.4, -0.2) is 62.7 Å². The summed E-state index contributed by atoms with van der Waals surface area (Å²) in [4.78, 5) is 24.2. The number of carbonyl (C=O) groups excluding carboxylic acids is 1. The first-order valence-corrected chi connectivity index (χ1v) is 9.78. The van der Waals surface area contributed by atoms with Crippen molar-refractivity contribution in [2.45, 2.75) is 18.8 Å². The van der Waals surface area contributed by atoms with Crippen LogP contribution in [0.5, 0.6) is 0 Å². The van der Waals surface area contributed by atoms with Crippen molar-refractivity contribution in [1.82, 2.24) is 24.6 Å². The molecule has 7 nitrogen and oxygen atoms in total. The number of fused-ring (bicyclic) bond motifs is 1. The fourth-order valence-corrected chi connectivity index (χ4v) is 4.27. The second-order valence-corrected chi connectivity index (χ2v) is 7.95. The van der Waals surface area contributed by atoms with Crippen LogP contribution in [0.25, 0.3) is 22.3 Å². The van der Waals surface area contributed by atoms with Crippen LogP contribution in [-0.2, 0) is 11.8 Å². The minimum absolute atomic E-state index is 0.129. The summed E-state index contributed by atoms with van der Waals surface area (Å²) in [7, 11) is 1.88. The van der Waals surface area contributed by atoms with Crippen molar-refractivity contribution in [1.29, 1.82) is 0 Å². The van der Waals surface area contributed by atoms with Crippen molar-refractivity contribution in [2.75, 3.05) is 31.1 Å². The topological polar surface area (TPSA) is 70.1 Å². The van der Waals surface area contributed by atoms with Gasteiger partial charge in [-0.05, 0) is 12.1 Å². The SMILES string of the molecule is Cn1cc(-c2cc3c(N4CCN(C(=O)C5CC(F)(F)C5)CC4)ccnc3[nH]2)cn1. The molecule has 2 fully saturated rings. The van der Waals surface area contributed by atoms with Crippen molar-refractivity contribution in [3.05, 3.63) is 30.7 Å². The quantitative estimate of drug-likeness (QED) is 0.734. The van der Waals surface area contributed by atoms with E-state index in [2.05, 4.69) is 26.0 Å². The second kappa shape index (κ2) is 6.53. The Hall–Kier alpha value is -2.97. The average molecular weight is 400 g/mol. The lowest BCUT2D eigenvalue weighted by Crippen LogP contribution is -2.53. The van der Waals surface area contributed by atoms with Crippen LogP contribution in [0.2, 0.25) is 0 Å². The molecule has 5 rings (SSSR count). The van der Waals surface area contributed by atoms with Crippen LogP contribution in [0, 0.1) is 5.92 Å². The van der Waals surface area contributed by atoms with E-state index in [9.17, 15) is 13.6 Å². The largest absolute Gasteiger partial charge is 0.367 e. The summed E-state index contributed by atoms with van der Waals surface area (Å²) in [5.41, 5.74) is 3.80. The van der Waals surface area contributed by atoms with E-state index in [1.54, 1.807) is 22.0 Å². The van der Waals surface area contributed by atoms with Gasteiger partial charge in [0.05, 0.1) is 11.9 Å². The maximum atomic E-state index is 13.1. The van der Waals surface area contributed by atoms with Crippen molar-refractivity contribution in [3.8, 4) is 11.3 Å². The van der Waals surface area contributed by atoms with Gasteiger partial charge in [-0.15, -0.1) is 0 Å². The molecule has 2 aliphatic rings. The molecule has 1 aliphatic heterocycles. The monoisotopic (exact) mass is 400 g/mol. The predicted octanol–water partition coefficient (Wildman–Crippen LogP) is 2.66. The summed E-state index contributed by atoms with van der Waals surface area (Å²) in [6.45, 7) is 2.43. The number of rotatable bonds is 3. The van der Waals surface area contributed by atoms with Gasteiger partial charge in [-0.25, -0.2) is 13.8 Å². The van der Waals surface area contributed by atoms with Gasteiger partial charge in [-0.1, -0.05) is 0 Å². The summed E-state index contributed by atoms with van der Waals surface area (Å²) in [6.07, 6.45) is 4.90. The number of alkyl halides is 2. The lowest BCUT2D eigenvalue weighted by atomic mass is 9.80. The molecule has 3 aromatic heterocycles. The minimum Gasteiger partial charge on any atom is -0.367 e. The van der Waals surface area contributed by atoms with Crippen LogP contribution < -0.4 is 4.90 Å². The van der Waals surface area contributed by atoms with E-state index in [4.69, 9.17) is 0 Å². The number of aryl methyl sites for hydroxylation is 1. The molecule has 3 aromatic rings. The highest BCUT2D eigenvalue weighted by Gasteiger charge is 2.49. The van der Waals surface area contributed by atoms with Gasteiger partial charge in [0, 0.05) is 81.0 Å². The number of nitrogens with one attached hydrogen (secondary N) is 1. The van der Waals surface area contributed by atoms with Gasteiger partial charge in [0.15, 0.2) is 0 Å². The van der Waals surface area contributed by atoms with Gasteiger partial charge in [0.25, 0.3) is 0 Å². The lowest BCUT2D eigenvalue weighted by molar-refractivity contribution is -0.160. The minimum atomic E-state index is -2.66. The maximum absolute atomic E-state index is 13.1. The van der Waals surface area contributed by atoms with Gasteiger partial charge in [0.1, 0.15) is 5.65 Å². The van der Waals surface area contributed by atoms with E-state index >= 15 is 0 Å². The third-order valence-electron chi connectivity index (χ3n) is 5.90. The number of nitrogens with zero attached hydrogens (tertiary/aromatic N) is 5. The highest BCUT2D eigenvalue weighted by molar-refractivity contribution is 5.93. The Morgan fingerprint density at radius 1 is 1.24 bits per heavy atom. The number of H-pyrrole nitrogens is 1. The van der Waals surface area contributed by atoms with Crippen LogP contribution in [0.15, 0.2) is 30.7 Å². The number of hydrogen-bond acceptors (Lipinski definition) is 4. The Morgan fingerprint density at radius 3 is 2.66 bits per heavy atom. The number of halogens is 2. The number of aromatic nitrogens is 4. The van der Waals surface area contributed by atoms with Crippen LogP contribution in [0.3, 0.4) is 0 Å². The number of amides is 1.